The first-order valence-electron chi connectivity index (χ1n) is 14.2. The van der Waals surface area contributed by atoms with Crippen LogP contribution < -0.4 is 15.6 Å². The molecule has 4 aromatic carbocycles. The first-order chi connectivity index (χ1) is 21.0. The highest BCUT2D eigenvalue weighted by atomic mass is 79.9. The number of benzene rings is 4. The molecule has 0 unspecified atom stereocenters. The van der Waals surface area contributed by atoms with Crippen molar-refractivity contribution in [1.82, 2.24) is 10.9 Å². The van der Waals surface area contributed by atoms with Gasteiger partial charge in [-0.1, -0.05) is 88.2 Å². The second kappa shape index (κ2) is 14.7. The van der Waals surface area contributed by atoms with Crippen LogP contribution in [0.4, 0.5) is 0 Å². The molecule has 43 heavy (non-hydrogen) atoms. The van der Waals surface area contributed by atoms with Gasteiger partial charge < -0.3 is 14.6 Å². The van der Waals surface area contributed by atoms with Gasteiger partial charge in [0, 0.05) is 46.6 Å². The van der Waals surface area contributed by atoms with E-state index < -0.39 is 11.6 Å². The summed E-state index contributed by atoms with van der Waals surface area (Å²) in [5.41, 5.74) is 8.27. The Morgan fingerprint density at radius 1 is 0.977 bits per heavy atom. The first-order valence-corrected chi connectivity index (χ1v) is 15.3. The number of aliphatic hydroxyl groups is 1. The van der Waals surface area contributed by atoms with Crippen LogP contribution in [-0.2, 0) is 22.4 Å². The van der Waals surface area contributed by atoms with Crippen molar-refractivity contribution in [1.29, 1.82) is 0 Å². The van der Waals surface area contributed by atoms with Crippen LogP contribution in [0.2, 0.25) is 5.02 Å². The summed E-state index contributed by atoms with van der Waals surface area (Å²) >= 11 is 9.82. The van der Waals surface area contributed by atoms with Crippen LogP contribution >= 0.6 is 27.5 Å². The number of ether oxygens (including phenoxy) is 2. The lowest BCUT2D eigenvalue weighted by Crippen LogP contribution is -2.54. The molecule has 1 aliphatic rings. The van der Waals surface area contributed by atoms with Gasteiger partial charge in [-0.2, -0.15) is 0 Å². The zero-order valence-corrected chi connectivity index (χ0v) is 25.9. The second-order valence-electron chi connectivity index (χ2n) is 10.2. The lowest BCUT2D eigenvalue weighted by atomic mass is 9.82. The number of hydrazine groups is 1. The van der Waals surface area contributed by atoms with E-state index in [-0.39, 0.29) is 12.5 Å². The van der Waals surface area contributed by atoms with Gasteiger partial charge in [0.05, 0.1) is 6.61 Å². The number of aliphatic hydroxyl groups excluding tert-OH is 1. The molecule has 2 atom stereocenters. The van der Waals surface area contributed by atoms with Gasteiger partial charge in [-0.05, 0) is 60.0 Å². The maximum Gasteiger partial charge on any atom is 0.266 e. The largest absolute Gasteiger partial charge is 0.494 e. The third-order valence-corrected chi connectivity index (χ3v) is 8.12. The molecule has 0 saturated heterocycles. The molecule has 0 saturated carbocycles. The summed E-state index contributed by atoms with van der Waals surface area (Å²) in [5.74, 6) is 0.741. The minimum Gasteiger partial charge on any atom is -0.494 e. The van der Waals surface area contributed by atoms with Gasteiger partial charge in [0.2, 0.25) is 5.90 Å². The molecule has 7 nitrogen and oxygen atoms in total. The maximum absolute atomic E-state index is 14.3. The molecular formula is C34H33BrClN3O4. The summed E-state index contributed by atoms with van der Waals surface area (Å²) in [6.45, 7) is 0.991. The fourth-order valence-electron chi connectivity index (χ4n) is 5.00. The van der Waals surface area contributed by atoms with E-state index in [9.17, 15) is 4.79 Å². The van der Waals surface area contributed by atoms with Gasteiger partial charge in [0.25, 0.3) is 5.91 Å². The van der Waals surface area contributed by atoms with Gasteiger partial charge in [-0.15, -0.1) is 0 Å². The molecule has 1 amide bonds. The normalized spacial score (nSPS) is 17.7. The van der Waals surface area contributed by atoms with Crippen molar-refractivity contribution in [3.05, 3.63) is 135 Å². The molecule has 0 spiro atoms. The standard InChI is InChI=1S/C34H33BrClN3O4/c35-30-13-5-4-12-29(30)31-34(23-25-8-2-1-3-9-25,33(41)39-37-19-18-24-10-6-11-27(36)22-24)38-32(43-31)26-14-16-28(17-15-26)42-21-7-20-40/h1-6,8-17,22,31,37,40H,7,18-21,23H2,(H,39,41)/t31-,34-/m0/s1. The molecule has 0 fully saturated rings. The van der Waals surface area contributed by atoms with Crippen molar-refractivity contribution in [3.8, 4) is 5.75 Å². The molecule has 9 heteroatoms. The number of carbonyl (C=O) groups is 1. The predicted molar refractivity (Wildman–Crippen MR) is 172 cm³/mol. The summed E-state index contributed by atoms with van der Waals surface area (Å²) < 4.78 is 13.1. The third kappa shape index (κ3) is 7.64. The Morgan fingerprint density at radius 2 is 1.72 bits per heavy atom. The molecule has 0 radical (unpaired) electrons. The minimum atomic E-state index is -1.32. The molecule has 1 heterocycles. The molecule has 4 aromatic rings. The van der Waals surface area contributed by atoms with E-state index in [0.29, 0.717) is 49.1 Å². The van der Waals surface area contributed by atoms with E-state index in [2.05, 4.69) is 26.8 Å². The van der Waals surface area contributed by atoms with Gasteiger partial charge in [-0.25, -0.2) is 10.4 Å². The van der Waals surface area contributed by atoms with Gasteiger partial charge in [0.1, 0.15) is 5.75 Å². The monoisotopic (exact) mass is 661 g/mol. The van der Waals surface area contributed by atoms with Crippen LogP contribution in [0.3, 0.4) is 0 Å². The maximum atomic E-state index is 14.3. The Bertz CT molecular complexity index is 1550. The Hall–Kier alpha value is -3.69. The van der Waals surface area contributed by atoms with Gasteiger partial charge in [-0.3, -0.25) is 10.2 Å². The van der Waals surface area contributed by atoms with E-state index in [0.717, 1.165) is 26.7 Å². The average Bonchev–Trinajstić information content (AvgIpc) is 3.40. The highest BCUT2D eigenvalue weighted by Gasteiger charge is 2.53. The molecule has 0 aliphatic carbocycles. The van der Waals surface area contributed by atoms with Crippen molar-refractivity contribution < 1.29 is 19.4 Å². The van der Waals surface area contributed by atoms with E-state index in [1.807, 2.05) is 103 Å². The van der Waals surface area contributed by atoms with Crippen LogP contribution in [0, 0.1) is 0 Å². The smallest absolute Gasteiger partial charge is 0.266 e. The predicted octanol–water partition coefficient (Wildman–Crippen LogP) is 6.23. The van der Waals surface area contributed by atoms with Crippen LogP contribution in [0.1, 0.15) is 34.8 Å². The molecular weight excluding hydrogens is 630 g/mol. The fourth-order valence-corrected chi connectivity index (χ4v) is 5.71. The SMILES string of the molecule is O=C(NNCCc1cccc(Cl)c1)[C@@]1(Cc2ccccc2)N=C(c2ccc(OCCCO)cc2)O[C@H]1c1ccccc1Br. The van der Waals surface area contributed by atoms with Crippen molar-refractivity contribution in [2.75, 3.05) is 19.8 Å². The topological polar surface area (TPSA) is 92.2 Å². The number of rotatable bonds is 13. The van der Waals surface area contributed by atoms with Gasteiger partial charge in [0.15, 0.2) is 11.6 Å². The number of hydrogen-bond acceptors (Lipinski definition) is 6. The summed E-state index contributed by atoms with van der Waals surface area (Å²) in [4.78, 5) is 19.3. The molecule has 0 bridgehead atoms. The number of amides is 1. The quantitative estimate of drug-likeness (QED) is 0.117. The number of aliphatic imine (C=N–C) groups is 1. The molecule has 3 N–H and O–H groups in total. The Kier molecular flexibility index (Phi) is 10.5. The zero-order valence-electron chi connectivity index (χ0n) is 23.5. The number of halogens is 2. The first kappa shape index (κ1) is 30.8. The Balaban J connectivity index is 1.47. The van der Waals surface area contributed by atoms with Gasteiger partial charge >= 0.3 is 0 Å². The van der Waals surface area contributed by atoms with E-state index >= 15 is 0 Å². The van der Waals surface area contributed by atoms with Crippen LogP contribution in [0.15, 0.2) is 113 Å². The summed E-state index contributed by atoms with van der Waals surface area (Å²) in [6.07, 6.45) is 0.828. The average molecular weight is 663 g/mol. The van der Waals surface area contributed by atoms with Crippen LogP contribution in [-0.4, -0.2) is 42.2 Å². The van der Waals surface area contributed by atoms with Crippen molar-refractivity contribution in [2.24, 2.45) is 4.99 Å². The molecule has 5 rings (SSSR count). The highest BCUT2D eigenvalue weighted by molar-refractivity contribution is 9.10. The molecule has 1 aliphatic heterocycles. The van der Waals surface area contributed by atoms with Crippen LogP contribution in [0.5, 0.6) is 5.75 Å². The summed E-state index contributed by atoms with van der Waals surface area (Å²) in [7, 11) is 0. The lowest BCUT2D eigenvalue weighted by molar-refractivity contribution is -0.130. The van der Waals surface area contributed by atoms with E-state index in [1.54, 1.807) is 0 Å². The Labute approximate surface area is 265 Å². The number of nitrogens with one attached hydrogen (secondary N) is 2. The molecule has 0 aromatic heterocycles. The third-order valence-electron chi connectivity index (χ3n) is 7.16. The summed E-state index contributed by atoms with van der Waals surface area (Å²) in [5, 5.41) is 9.72. The van der Waals surface area contributed by atoms with Crippen LogP contribution in [0.25, 0.3) is 0 Å². The lowest BCUT2D eigenvalue weighted by Gasteiger charge is -2.31. The molecule has 222 valence electrons. The van der Waals surface area contributed by atoms with E-state index in [1.165, 1.54) is 0 Å². The highest BCUT2D eigenvalue weighted by Crippen LogP contribution is 2.44. The number of carbonyl (C=O) groups excluding carboxylic acids is 1. The van der Waals surface area contributed by atoms with Crippen molar-refractivity contribution >= 4 is 39.3 Å². The second-order valence-corrected chi connectivity index (χ2v) is 11.5. The van der Waals surface area contributed by atoms with Crippen molar-refractivity contribution in [2.45, 2.75) is 30.9 Å². The zero-order chi connectivity index (χ0) is 30.1. The number of hydrogen-bond donors (Lipinski definition) is 3. The number of nitrogens with zero attached hydrogens (tertiary/aromatic N) is 1. The minimum absolute atomic E-state index is 0.0696. The Morgan fingerprint density at radius 3 is 2.47 bits per heavy atom. The van der Waals surface area contributed by atoms with Crippen molar-refractivity contribution in [3.63, 3.8) is 0 Å². The van der Waals surface area contributed by atoms with E-state index in [4.69, 9.17) is 31.2 Å². The fraction of sp³-hybridized carbons (Fsp3) is 0.235. The summed E-state index contributed by atoms with van der Waals surface area (Å²) in [6, 6.07) is 32.6.